The fourth-order valence-electron chi connectivity index (χ4n) is 3.04. The van der Waals surface area contributed by atoms with E-state index in [1.807, 2.05) is 24.3 Å². The number of thiophene rings is 1. The number of anilines is 2. The van der Waals surface area contributed by atoms with Gasteiger partial charge in [-0.1, -0.05) is 0 Å². The second-order valence-corrected chi connectivity index (χ2v) is 7.99. The number of hydrogen-bond acceptors (Lipinski definition) is 7. The molecule has 0 spiro atoms. The van der Waals surface area contributed by atoms with Gasteiger partial charge in [0.25, 0.3) is 5.91 Å². The van der Waals surface area contributed by atoms with E-state index in [1.54, 1.807) is 30.3 Å². The molecule has 8 nitrogen and oxygen atoms in total. The van der Waals surface area contributed by atoms with E-state index in [-0.39, 0.29) is 5.91 Å². The summed E-state index contributed by atoms with van der Waals surface area (Å²) < 4.78 is 16.3. The molecule has 0 bridgehead atoms. The number of ether oxygens (including phenoxy) is 3. The standard InChI is InChI=1S/C23H20N2O6S/c1-14(26)24-16-3-5-17(6-4-16)25-22(27)13-31-23(28)21-9-8-20(32-21)15-2-7-18-19(12-15)30-11-10-29-18/h2-9,12H,10-11,13H2,1H3,(H,24,26)(H,25,27). The average molecular weight is 452 g/mol. The molecule has 2 aromatic carbocycles. The smallest absolute Gasteiger partial charge is 0.348 e. The van der Waals surface area contributed by atoms with Gasteiger partial charge in [-0.05, 0) is 60.2 Å². The van der Waals surface area contributed by atoms with E-state index in [0.717, 1.165) is 10.4 Å². The van der Waals surface area contributed by atoms with Crippen LogP contribution in [-0.2, 0) is 14.3 Å². The Bertz CT molecular complexity index is 1160. The van der Waals surface area contributed by atoms with Crippen molar-refractivity contribution in [2.24, 2.45) is 0 Å². The molecule has 1 aromatic heterocycles. The number of carbonyl (C=O) groups is 3. The first-order chi connectivity index (χ1) is 15.5. The first kappa shape index (κ1) is 21.4. The van der Waals surface area contributed by atoms with Crippen LogP contribution in [0.5, 0.6) is 11.5 Å². The second kappa shape index (κ2) is 9.52. The van der Waals surface area contributed by atoms with Crippen LogP contribution in [0, 0.1) is 0 Å². The van der Waals surface area contributed by atoms with Gasteiger partial charge in [0, 0.05) is 23.2 Å². The molecule has 0 radical (unpaired) electrons. The quantitative estimate of drug-likeness (QED) is 0.549. The molecule has 0 unspecified atom stereocenters. The van der Waals surface area contributed by atoms with E-state index in [9.17, 15) is 14.4 Å². The molecule has 164 valence electrons. The van der Waals surface area contributed by atoms with E-state index in [1.165, 1.54) is 18.3 Å². The summed E-state index contributed by atoms with van der Waals surface area (Å²) in [7, 11) is 0. The van der Waals surface area contributed by atoms with E-state index >= 15 is 0 Å². The highest BCUT2D eigenvalue weighted by atomic mass is 32.1. The fourth-order valence-corrected chi connectivity index (χ4v) is 3.93. The molecule has 2 N–H and O–H groups in total. The Morgan fingerprint density at radius 3 is 2.31 bits per heavy atom. The Balaban J connectivity index is 1.31. The van der Waals surface area contributed by atoms with Crippen molar-refractivity contribution in [1.82, 2.24) is 0 Å². The fraction of sp³-hybridized carbons (Fsp3) is 0.174. The summed E-state index contributed by atoms with van der Waals surface area (Å²) in [6, 6.07) is 15.7. The second-order valence-electron chi connectivity index (χ2n) is 6.91. The Morgan fingerprint density at radius 2 is 1.59 bits per heavy atom. The Hall–Kier alpha value is -3.85. The average Bonchev–Trinajstić information content (AvgIpc) is 3.29. The molecule has 1 aliphatic rings. The monoisotopic (exact) mass is 452 g/mol. The molecule has 2 amide bonds. The topological polar surface area (TPSA) is 103 Å². The van der Waals surface area contributed by atoms with Crippen LogP contribution < -0.4 is 20.1 Å². The minimum atomic E-state index is -0.574. The minimum absolute atomic E-state index is 0.181. The zero-order chi connectivity index (χ0) is 22.5. The van der Waals surface area contributed by atoms with Crippen molar-refractivity contribution in [1.29, 1.82) is 0 Å². The lowest BCUT2D eigenvalue weighted by molar-refractivity contribution is -0.119. The number of rotatable bonds is 6. The van der Waals surface area contributed by atoms with Crippen LogP contribution >= 0.6 is 11.3 Å². The van der Waals surface area contributed by atoms with Gasteiger partial charge in [-0.3, -0.25) is 9.59 Å². The molecular formula is C23H20N2O6S. The zero-order valence-electron chi connectivity index (χ0n) is 17.2. The number of nitrogens with one attached hydrogen (secondary N) is 2. The van der Waals surface area contributed by atoms with Crippen LogP contribution in [0.3, 0.4) is 0 Å². The van der Waals surface area contributed by atoms with Crippen molar-refractivity contribution < 1.29 is 28.6 Å². The molecule has 9 heteroatoms. The Kier molecular flexibility index (Phi) is 6.37. The lowest BCUT2D eigenvalue weighted by Crippen LogP contribution is -2.20. The molecule has 3 aromatic rings. The SMILES string of the molecule is CC(=O)Nc1ccc(NC(=O)COC(=O)c2ccc(-c3ccc4c(c3)OCCO4)s2)cc1. The molecule has 4 rings (SSSR count). The van der Waals surface area contributed by atoms with Crippen molar-refractivity contribution in [2.45, 2.75) is 6.92 Å². The molecule has 0 fully saturated rings. The number of hydrogen-bond donors (Lipinski definition) is 2. The maximum absolute atomic E-state index is 12.3. The molecule has 2 heterocycles. The largest absolute Gasteiger partial charge is 0.486 e. The van der Waals surface area contributed by atoms with Crippen LogP contribution in [0.1, 0.15) is 16.6 Å². The van der Waals surface area contributed by atoms with Crippen LogP contribution in [-0.4, -0.2) is 37.6 Å². The van der Waals surface area contributed by atoms with E-state index in [4.69, 9.17) is 14.2 Å². The summed E-state index contributed by atoms with van der Waals surface area (Å²) >= 11 is 1.27. The molecule has 32 heavy (non-hydrogen) atoms. The van der Waals surface area contributed by atoms with E-state index in [0.29, 0.717) is 41.0 Å². The summed E-state index contributed by atoms with van der Waals surface area (Å²) in [4.78, 5) is 36.7. The van der Waals surface area contributed by atoms with Gasteiger partial charge in [-0.25, -0.2) is 4.79 Å². The number of esters is 1. The Morgan fingerprint density at radius 1 is 0.906 bits per heavy atom. The molecular weight excluding hydrogens is 432 g/mol. The van der Waals surface area contributed by atoms with Crippen molar-refractivity contribution in [3.8, 4) is 21.9 Å². The lowest BCUT2D eigenvalue weighted by Gasteiger charge is -2.18. The predicted molar refractivity (Wildman–Crippen MR) is 120 cm³/mol. The third-order valence-corrected chi connectivity index (χ3v) is 5.57. The summed E-state index contributed by atoms with van der Waals surface area (Å²) in [6.07, 6.45) is 0. The first-order valence-electron chi connectivity index (χ1n) is 9.82. The minimum Gasteiger partial charge on any atom is -0.486 e. The highest BCUT2D eigenvalue weighted by molar-refractivity contribution is 7.17. The van der Waals surface area contributed by atoms with Gasteiger partial charge < -0.3 is 24.8 Å². The summed E-state index contributed by atoms with van der Waals surface area (Å²) in [5, 5.41) is 5.28. The maximum Gasteiger partial charge on any atom is 0.348 e. The first-order valence-corrected chi connectivity index (χ1v) is 10.6. The normalized spacial score (nSPS) is 12.0. The zero-order valence-corrected chi connectivity index (χ0v) is 18.0. The molecule has 0 saturated carbocycles. The van der Waals surface area contributed by atoms with Gasteiger partial charge in [-0.2, -0.15) is 0 Å². The third kappa shape index (κ3) is 5.25. The number of amides is 2. The third-order valence-electron chi connectivity index (χ3n) is 4.46. The number of benzene rings is 2. The van der Waals surface area contributed by atoms with Crippen LogP contribution in [0.25, 0.3) is 10.4 Å². The summed E-state index contributed by atoms with van der Waals surface area (Å²) in [5.41, 5.74) is 2.05. The van der Waals surface area contributed by atoms with Gasteiger partial charge in [-0.15, -0.1) is 11.3 Å². The van der Waals surface area contributed by atoms with Gasteiger partial charge >= 0.3 is 5.97 Å². The van der Waals surface area contributed by atoms with Gasteiger partial charge in [0.1, 0.15) is 18.1 Å². The van der Waals surface area contributed by atoms with Crippen LogP contribution in [0.2, 0.25) is 0 Å². The number of carbonyl (C=O) groups excluding carboxylic acids is 3. The molecule has 0 atom stereocenters. The highest BCUT2D eigenvalue weighted by Crippen LogP contribution is 2.37. The highest BCUT2D eigenvalue weighted by Gasteiger charge is 2.16. The molecule has 1 aliphatic heterocycles. The summed E-state index contributed by atoms with van der Waals surface area (Å²) in [6.45, 7) is 2.03. The van der Waals surface area contributed by atoms with Crippen LogP contribution in [0.4, 0.5) is 11.4 Å². The van der Waals surface area contributed by atoms with Crippen molar-refractivity contribution in [2.75, 3.05) is 30.5 Å². The van der Waals surface area contributed by atoms with Gasteiger partial charge in [0.2, 0.25) is 5.91 Å². The van der Waals surface area contributed by atoms with Gasteiger partial charge in [0.05, 0.1) is 0 Å². The lowest BCUT2D eigenvalue weighted by atomic mass is 10.1. The predicted octanol–water partition coefficient (Wildman–Crippen LogP) is 3.94. The van der Waals surface area contributed by atoms with E-state index < -0.39 is 18.5 Å². The van der Waals surface area contributed by atoms with Crippen molar-refractivity contribution >= 4 is 40.5 Å². The molecule has 0 aliphatic carbocycles. The van der Waals surface area contributed by atoms with Crippen LogP contribution in [0.15, 0.2) is 54.6 Å². The van der Waals surface area contributed by atoms with E-state index in [2.05, 4.69) is 10.6 Å². The van der Waals surface area contributed by atoms with Crippen molar-refractivity contribution in [3.63, 3.8) is 0 Å². The maximum atomic E-state index is 12.3. The van der Waals surface area contributed by atoms with Crippen molar-refractivity contribution in [3.05, 3.63) is 59.5 Å². The van der Waals surface area contributed by atoms with Gasteiger partial charge in [0.15, 0.2) is 18.1 Å². The number of fused-ring (bicyclic) bond motifs is 1. The summed E-state index contributed by atoms with van der Waals surface area (Å²) in [5.74, 6) is 0.156. The molecule has 0 saturated heterocycles. The Labute approximate surface area is 188 Å².